The molecule has 1 aliphatic carbocycles. The SMILES string of the molecule is O=C(O)CNC(=O)C1(c2ccc(F)cc2)CCC1. The van der Waals surface area contributed by atoms with Gasteiger partial charge in [0.25, 0.3) is 0 Å². The Kier molecular flexibility index (Phi) is 3.32. The van der Waals surface area contributed by atoms with Crippen molar-refractivity contribution in [3.8, 4) is 0 Å². The average Bonchev–Trinajstić information content (AvgIpc) is 2.27. The Hall–Kier alpha value is -1.91. The van der Waals surface area contributed by atoms with Gasteiger partial charge in [0.1, 0.15) is 12.4 Å². The zero-order valence-electron chi connectivity index (χ0n) is 9.78. The molecule has 1 aliphatic rings. The maximum atomic E-state index is 12.9. The van der Waals surface area contributed by atoms with Gasteiger partial charge in [-0.3, -0.25) is 9.59 Å². The van der Waals surface area contributed by atoms with Gasteiger partial charge in [0.05, 0.1) is 5.41 Å². The Morgan fingerprint density at radius 1 is 1.28 bits per heavy atom. The maximum absolute atomic E-state index is 12.9. The fourth-order valence-corrected chi connectivity index (χ4v) is 2.27. The van der Waals surface area contributed by atoms with Crippen LogP contribution in [0.4, 0.5) is 4.39 Å². The van der Waals surface area contributed by atoms with Gasteiger partial charge in [-0.15, -0.1) is 0 Å². The van der Waals surface area contributed by atoms with Gasteiger partial charge in [-0.05, 0) is 30.5 Å². The molecule has 0 bridgehead atoms. The van der Waals surface area contributed by atoms with Crippen LogP contribution in [0, 0.1) is 5.82 Å². The summed E-state index contributed by atoms with van der Waals surface area (Å²) in [5.74, 6) is -1.71. The van der Waals surface area contributed by atoms with Crippen molar-refractivity contribution in [2.45, 2.75) is 24.7 Å². The molecule has 0 radical (unpaired) electrons. The minimum Gasteiger partial charge on any atom is -0.480 e. The number of carboxylic acids is 1. The van der Waals surface area contributed by atoms with Gasteiger partial charge in [0.15, 0.2) is 0 Å². The Morgan fingerprint density at radius 2 is 1.89 bits per heavy atom. The predicted octanol–water partition coefficient (Wildman–Crippen LogP) is 1.45. The molecule has 1 amide bonds. The van der Waals surface area contributed by atoms with Crippen LogP contribution in [0.5, 0.6) is 0 Å². The summed E-state index contributed by atoms with van der Waals surface area (Å²) in [6, 6.07) is 5.82. The summed E-state index contributed by atoms with van der Waals surface area (Å²) in [5.41, 5.74) is 0.0708. The summed E-state index contributed by atoms with van der Waals surface area (Å²) >= 11 is 0. The van der Waals surface area contributed by atoms with Crippen molar-refractivity contribution < 1.29 is 19.1 Å². The molecule has 1 fully saturated rings. The van der Waals surface area contributed by atoms with Gasteiger partial charge in [-0.25, -0.2) is 4.39 Å². The number of rotatable bonds is 4. The van der Waals surface area contributed by atoms with E-state index in [9.17, 15) is 14.0 Å². The summed E-state index contributed by atoms with van der Waals surface area (Å²) in [7, 11) is 0. The molecule has 5 heteroatoms. The molecule has 0 aliphatic heterocycles. The van der Waals surface area contributed by atoms with Crippen molar-refractivity contribution in [1.82, 2.24) is 5.32 Å². The summed E-state index contributed by atoms with van der Waals surface area (Å²) in [5, 5.41) is 11.0. The number of hydrogen-bond acceptors (Lipinski definition) is 2. The van der Waals surface area contributed by atoms with Crippen LogP contribution in [0.25, 0.3) is 0 Å². The first-order valence-electron chi connectivity index (χ1n) is 5.81. The Balaban J connectivity index is 2.17. The fourth-order valence-electron chi connectivity index (χ4n) is 2.27. The van der Waals surface area contributed by atoms with Crippen LogP contribution >= 0.6 is 0 Å². The molecule has 0 saturated heterocycles. The highest BCUT2D eigenvalue weighted by molar-refractivity contribution is 5.91. The first-order valence-corrected chi connectivity index (χ1v) is 5.81. The number of halogens is 1. The van der Waals surface area contributed by atoms with Gasteiger partial charge in [0, 0.05) is 0 Å². The zero-order chi connectivity index (χ0) is 13.2. The molecular formula is C13H14FNO3. The Labute approximate surface area is 104 Å². The lowest BCUT2D eigenvalue weighted by Crippen LogP contribution is -2.50. The van der Waals surface area contributed by atoms with Crippen LogP contribution in [0.3, 0.4) is 0 Å². The second-order valence-electron chi connectivity index (χ2n) is 4.52. The topological polar surface area (TPSA) is 66.4 Å². The molecular weight excluding hydrogens is 237 g/mol. The van der Waals surface area contributed by atoms with Crippen molar-refractivity contribution in [2.24, 2.45) is 0 Å². The van der Waals surface area contributed by atoms with E-state index in [2.05, 4.69) is 5.32 Å². The molecule has 0 unspecified atom stereocenters. The van der Waals surface area contributed by atoms with Gasteiger partial charge in [0.2, 0.25) is 5.91 Å². The number of amides is 1. The third-order valence-corrected chi connectivity index (χ3v) is 3.44. The van der Waals surface area contributed by atoms with Crippen molar-refractivity contribution in [2.75, 3.05) is 6.54 Å². The van der Waals surface area contributed by atoms with Gasteiger partial charge in [-0.2, -0.15) is 0 Å². The molecule has 1 saturated carbocycles. The molecule has 0 atom stereocenters. The number of carboxylic acid groups (broad SMARTS) is 1. The van der Waals surface area contributed by atoms with Crippen LogP contribution in [-0.4, -0.2) is 23.5 Å². The van der Waals surface area contributed by atoms with Crippen LogP contribution in [0.1, 0.15) is 24.8 Å². The van der Waals surface area contributed by atoms with Gasteiger partial charge < -0.3 is 10.4 Å². The van der Waals surface area contributed by atoms with Crippen LogP contribution in [0.2, 0.25) is 0 Å². The normalized spacial score (nSPS) is 16.7. The van der Waals surface area contributed by atoms with Crippen molar-refractivity contribution in [3.05, 3.63) is 35.6 Å². The highest BCUT2D eigenvalue weighted by Crippen LogP contribution is 2.43. The van der Waals surface area contributed by atoms with E-state index in [1.807, 2.05) is 0 Å². The lowest BCUT2D eigenvalue weighted by Gasteiger charge is -2.40. The number of nitrogens with one attached hydrogen (secondary N) is 1. The molecule has 0 aromatic heterocycles. The van der Waals surface area contributed by atoms with E-state index in [4.69, 9.17) is 5.11 Å². The third kappa shape index (κ3) is 2.20. The molecule has 96 valence electrons. The molecule has 0 heterocycles. The zero-order valence-corrected chi connectivity index (χ0v) is 9.78. The number of aliphatic carboxylic acids is 1. The number of carbonyl (C=O) groups is 2. The van der Waals surface area contributed by atoms with Crippen LogP contribution in [0.15, 0.2) is 24.3 Å². The minimum absolute atomic E-state index is 0.289. The summed E-state index contributed by atoms with van der Waals surface area (Å²) in [6.45, 7) is -0.387. The molecule has 18 heavy (non-hydrogen) atoms. The first-order chi connectivity index (χ1) is 8.54. The van der Waals surface area contributed by atoms with E-state index in [1.54, 1.807) is 12.1 Å². The Bertz CT molecular complexity index is 466. The van der Waals surface area contributed by atoms with E-state index in [1.165, 1.54) is 12.1 Å². The van der Waals surface area contributed by atoms with Crippen molar-refractivity contribution >= 4 is 11.9 Å². The second-order valence-corrected chi connectivity index (χ2v) is 4.52. The van der Waals surface area contributed by atoms with E-state index in [-0.39, 0.29) is 18.3 Å². The average molecular weight is 251 g/mol. The minimum atomic E-state index is -1.07. The third-order valence-electron chi connectivity index (χ3n) is 3.44. The largest absolute Gasteiger partial charge is 0.480 e. The monoisotopic (exact) mass is 251 g/mol. The molecule has 1 aromatic carbocycles. The number of carbonyl (C=O) groups excluding carboxylic acids is 1. The highest BCUT2D eigenvalue weighted by Gasteiger charge is 2.45. The predicted molar refractivity (Wildman–Crippen MR) is 62.6 cm³/mol. The lowest BCUT2D eigenvalue weighted by atomic mass is 9.64. The Morgan fingerprint density at radius 3 is 2.33 bits per heavy atom. The van der Waals surface area contributed by atoms with Crippen LogP contribution in [-0.2, 0) is 15.0 Å². The van der Waals surface area contributed by atoms with E-state index >= 15 is 0 Å². The van der Waals surface area contributed by atoms with E-state index in [0.29, 0.717) is 12.8 Å². The quantitative estimate of drug-likeness (QED) is 0.851. The maximum Gasteiger partial charge on any atom is 0.322 e. The molecule has 2 rings (SSSR count). The fraction of sp³-hybridized carbons (Fsp3) is 0.385. The number of benzene rings is 1. The standard InChI is InChI=1S/C13H14FNO3/c14-10-4-2-9(3-5-10)13(6-1-7-13)12(18)15-8-11(16)17/h2-5H,1,6-8H2,(H,15,18)(H,16,17). The van der Waals surface area contributed by atoms with Crippen molar-refractivity contribution in [1.29, 1.82) is 0 Å². The molecule has 0 spiro atoms. The van der Waals surface area contributed by atoms with E-state index < -0.39 is 11.4 Å². The first kappa shape index (κ1) is 12.5. The molecule has 4 nitrogen and oxygen atoms in total. The lowest BCUT2D eigenvalue weighted by molar-refractivity contribution is -0.139. The molecule has 1 aromatic rings. The summed E-state index contributed by atoms with van der Waals surface area (Å²) < 4.78 is 12.9. The van der Waals surface area contributed by atoms with Gasteiger partial charge in [-0.1, -0.05) is 18.6 Å². The molecule has 2 N–H and O–H groups in total. The van der Waals surface area contributed by atoms with Gasteiger partial charge >= 0.3 is 5.97 Å². The van der Waals surface area contributed by atoms with Crippen LogP contribution < -0.4 is 5.32 Å². The second kappa shape index (κ2) is 4.76. The number of hydrogen-bond donors (Lipinski definition) is 2. The van der Waals surface area contributed by atoms with Crippen molar-refractivity contribution in [3.63, 3.8) is 0 Å². The smallest absolute Gasteiger partial charge is 0.322 e. The highest BCUT2D eigenvalue weighted by atomic mass is 19.1. The summed E-state index contributed by atoms with van der Waals surface area (Å²) in [6.07, 6.45) is 2.26. The summed E-state index contributed by atoms with van der Waals surface area (Å²) in [4.78, 5) is 22.5. The van der Waals surface area contributed by atoms with E-state index in [0.717, 1.165) is 12.0 Å².